The van der Waals surface area contributed by atoms with Gasteiger partial charge >= 0.3 is 0 Å². The van der Waals surface area contributed by atoms with E-state index in [2.05, 4.69) is 5.43 Å². The highest BCUT2D eigenvalue weighted by Gasteiger charge is 2.09. The molecule has 1 rings (SSSR count). The molecule has 17 heavy (non-hydrogen) atoms. The number of nitrogen functional groups attached to an aromatic ring is 1. The first-order valence-electron chi connectivity index (χ1n) is 5.44. The first-order chi connectivity index (χ1) is 8.07. The Morgan fingerprint density at radius 1 is 1.18 bits per heavy atom. The second kappa shape index (κ2) is 6.58. The van der Waals surface area contributed by atoms with Gasteiger partial charge < -0.3 is 10.5 Å². The van der Waals surface area contributed by atoms with E-state index in [4.69, 9.17) is 10.9 Å². The minimum Gasteiger partial charge on any atom is -0.395 e. The molecule has 0 unspecified atom stereocenters. The van der Waals surface area contributed by atoms with Gasteiger partial charge in [0.15, 0.2) is 9.84 Å². The standard InChI is InChI=1S/C11H18N2O3S/c12-13-11-5-3-10(4-6-11)2-1-8-17(15,16)9-7-14/h3-6,13-14H,1-2,7-9,12H2. The van der Waals surface area contributed by atoms with E-state index in [0.717, 1.165) is 11.3 Å². The molecule has 0 aromatic heterocycles. The molecule has 0 bridgehead atoms. The van der Waals surface area contributed by atoms with Gasteiger partial charge in [0.25, 0.3) is 0 Å². The van der Waals surface area contributed by atoms with Crippen LogP contribution in [0.2, 0.25) is 0 Å². The number of aliphatic hydroxyl groups is 1. The number of hydrazine groups is 1. The second-order valence-electron chi connectivity index (χ2n) is 3.82. The van der Waals surface area contributed by atoms with E-state index in [1.54, 1.807) is 0 Å². The minimum atomic E-state index is -3.10. The summed E-state index contributed by atoms with van der Waals surface area (Å²) in [5.74, 6) is 5.20. The molecule has 6 heteroatoms. The lowest BCUT2D eigenvalue weighted by atomic mass is 10.1. The number of hydrogen-bond donors (Lipinski definition) is 3. The summed E-state index contributed by atoms with van der Waals surface area (Å²) < 4.78 is 22.7. The molecular formula is C11H18N2O3S. The van der Waals surface area contributed by atoms with Gasteiger partial charge in [-0.3, -0.25) is 5.84 Å². The summed E-state index contributed by atoms with van der Waals surface area (Å²) in [6.07, 6.45) is 1.27. The topological polar surface area (TPSA) is 92.4 Å². The summed E-state index contributed by atoms with van der Waals surface area (Å²) >= 11 is 0. The quantitative estimate of drug-likeness (QED) is 0.483. The summed E-state index contributed by atoms with van der Waals surface area (Å²) in [6.45, 7) is -0.306. The highest BCUT2D eigenvalue weighted by molar-refractivity contribution is 7.91. The van der Waals surface area contributed by atoms with Crippen molar-refractivity contribution < 1.29 is 13.5 Å². The van der Waals surface area contributed by atoms with Crippen LogP contribution in [0.3, 0.4) is 0 Å². The van der Waals surface area contributed by atoms with Gasteiger partial charge in [0.1, 0.15) is 0 Å². The van der Waals surface area contributed by atoms with Crippen LogP contribution in [0.4, 0.5) is 5.69 Å². The largest absolute Gasteiger partial charge is 0.395 e. The molecule has 0 aliphatic carbocycles. The maximum Gasteiger partial charge on any atom is 0.152 e. The average Bonchev–Trinajstić information content (AvgIpc) is 2.29. The zero-order valence-corrected chi connectivity index (χ0v) is 10.4. The molecule has 0 heterocycles. The van der Waals surface area contributed by atoms with Crippen LogP contribution < -0.4 is 11.3 Å². The first kappa shape index (κ1) is 14.0. The van der Waals surface area contributed by atoms with E-state index >= 15 is 0 Å². The van der Waals surface area contributed by atoms with Gasteiger partial charge in [0.2, 0.25) is 0 Å². The summed E-state index contributed by atoms with van der Waals surface area (Å²) in [5, 5.41) is 8.58. The van der Waals surface area contributed by atoms with Gasteiger partial charge in [0, 0.05) is 5.69 Å². The predicted octanol–water partition coefficient (Wildman–Crippen LogP) is 0.312. The van der Waals surface area contributed by atoms with Gasteiger partial charge in [-0.2, -0.15) is 0 Å². The van der Waals surface area contributed by atoms with Crippen molar-refractivity contribution in [3.8, 4) is 0 Å². The summed E-state index contributed by atoms with van der Waals surface area (Å²) in [6, 6.07) is 7.51. The van der Waals surface area contributed by atoms with Gasteiger partial charge in [-0.15, -0.1) is 0 Å². The third kappa shape index (κ3) is 5.16. The van der Waals surface area contributed by atoms with Crippen molar-refractivity contribution >= 4 is 15.5 Å². The van der Waals surface area contributed by atoms with E-state index in [1.165, 1.54) is 0 Å². The van der Waals surface area contributed by atoms with Crippen LogP contribution in [0.25, 0.3) is 0 Å². The summed E-state index contributed by atoms with van der Waals surface area (Å²) in [5.41, 5.74) is 4.42. The van der Waals surface area contributed by atoms with Crippen molar-refractivity contribution in [2.75, 3.05) is 23.5 Å². The zero-order valence-electron chi connectivity index (χ0n) is 9.59. The first-order valence-corrected chi connectivity index (χ1v) is 7.26. The average molecular weight is 258 g/mol. The Morgan fingerprint density at radius 3 is 2.35 bits per heavy atom. The predicted molar refractivity (Wildman–Crippen MR) is 68.3 cm³/mol. The lowest BCUT2D eigenvalue weighted by Crippen LogP contribution is -2.14. The van der Waals surface area contributed by atoms with E-state index < -0.39 is 9.84 Å². The normalized spacial score (nSPS) is 11.4. The van der Waals surface area contributed by atoms with Crippen molar-refractivity contribution in [3.05, 3.63) is 29.8 Å². The molecule has 0 saturated heterocycles. The molecule has 5 nitrogen and oxygen atoms in total. The number of aliphatic hydroxyl groups excluding tert-OH is 1. The molecule has 0 atom stereocenters. The molecule has 0 aliphatic rings. The van der Waals surface area contributed by atoms with Crippen molar-refractivity contribution in [2.45, 2.75) is 12.8 Å². The van der Waals surface area contributed by atoms with Crippen LogP contribution in [0.15, 0.2) is 24.3 Å². The number of sulfone groups is 1. The molecule has 0 aliphatic heterocycles. The van der Waals surface area contributed by atoms with Gasteiger partial charge in [0.05, 0.1) is 18.1 Å². The Morgan fingerprint density at radius 2 is 1.82 bits per heavy atom. The Labute approximate surface area is 102 Å². The summed E-state index contributed by atoms with van der Waals surface area (Å²) in [4.78, 5) is 0. The SMILES string of the molecule is NNc1ccc(CCCS(=O)(=O)CCO)cc1. The van der Waals surface area contributed by atoms with E-state index in [0.29, 0.717) is 12.8 Å². The minimum absolute atomic E-state index is 0.116. The maximum absolute atomic E-state index is 11.3. The lowest BCUT2D eigenvalue weighted by molar-refractivity contribution is 0.319. The molecular weight excluding hydrogens is 240 g/mol. The smallest absolute Gasteiger partial charge is 0.152 e. The van der Waals surface area contributed by atoms with Crippen LogP contribution in [-0.4, -0.2) is 31.6 Å². The van der Waals surface area contributed by atoms with Crippen molar-refractivity contribution in [3.63, 3.8) is 0 Å². The van der Waals surface area contributed by atoms with Gasteiger partial charge in [-0.05, 0) is 30.5 Å². The number of aryl methyl sites for hydroxylation is 1. The molecule has 0 saturated carbocycles. The Kier molecular flexibility index (Phi) is 5.40. The van der Waals surface area contributed by atoms with E-state index in [9.17, 15) is 8.42 Å². The number of benzene rings is 1. The molecule has 0 fully saturated rings. The monoisotopic (exact) mass is 258 g/mol. The van der Waals surface area contributed by atoms with Crippen LogP contribution in [0.1, 0.15) is 12.0 Å². The fraction of sp³-hybridized carbons (Fsp3) is 0.455. The Bertz CT molecular complexity index is 429. The van der Waals surface area contributed by atoms with Crippen LogP contribution in [0.5, 0.6) is 0 Å². The Balaban J connectivity index is 2.40. The zero-order chi connectivity index (χ0) is 12.7. The number of hydrogen-bond acceptors (Lipinski definition) is 5. The lowest BCUT2D eigenvalue weighted by Gasteiger charge is -2.04. The number of rotatable bonds is 7. The van der Waals surface area contributed by atoms with E-state index in [-0.39, 0.29) is 18.1 Å². The molecule has 0 amide bonds. The molecule has 96 valence electrons. The van der Waals surface area contributed by atoms with Crippen molar-refractivity contribution in [2.24, 2.45) is 5.84 Å². The van der Waals surface area contributed by atoms with Crippen molar-refractivity contribution in [1.82, 2.24) is 0 Å². The van der Waals surface area contributed by atoms with Gasteiger partial charge in [-0.25, -0.2) is 8.42 Å². The molecule has 4 N–H and O–H groups in total. The third-order valence-electron chi connectivity index (χ3n) is 2.44. The molecule has 0 spiro atoms. The van der Waals surface area contributed by atoms with Crippen LogP contribution in [0, 0.1) is 0 Å². The summed E-state index contributed by atoms with van der Waals surface area (Å²) in [7, 11) is -3.10. The Hall–Kier alpha value is -1.11. The fourth-order valence-electron chi connectivity index (χ4n) is 1.50. The highest BCUT2D eigenvalue weighted by atomic mass is 32.2. The van der Waals surface area contributed by atoms with Gasteiger partial charge in [-0.1, -0.05) is 12.1 Å². The van der Waals surface area contributed by atoms with Crippen molar-refractivity contribution in [1.29, 1.82) is 0 Å². The third-order valence-corrected chi connectivity index (χ3v) is 4.16. The molecule has 1 aromatic carbocycles. The van der Waals surface area contributed by atoms with Crippen LogP contribution >= 0.6 is 0 Å². The number of nitrogens with two attached hydrogens (primary N) is 1. The highest BCUT2D eigenvalue weighted by Crippen LogP contribution is 2.10. The molecule has 0 radical (unpaired) electrons. The number of anilines is 1. The number of nitrogens with one attached hydrogen (secondary N) is 1. The second-order valence-corrected chi connectivity index (χ2v) is 6.12. The van der Waals surface area contributed by atoms with Crippen LogP contribution in [-0.2, 0) is 16.3 Å². The molecule has 1 aromatic rings. The maximum atomic E-state index is 11.3. The van der Waals surface area contributed by atoms with E-state index in [1.807, 2.05) is 24.3 Å². The fourth-order valence-corrected chi connectivity index (χ4v) is 2.57.